The number of sulfonamides is 1. The van der Waals surface area contributed by atoms with E-state index in [0.717, 1.165) is 34.3 Å². The van der Waals surface area contributed by atoms with Crippen molar-refractivity contribution in [3.8, 4) is 5.75 Å². The summed E-state index contributed by atoms with van der Waals surface area (Å²) >= 11 is 0. The van der Waals surface area contributed by atoms with Gasteiger partial charge in [0, 0.05) is 23.2 Å². The van der Waals surface area contributed by atoms with Gasteiger partial charge in [0.1, 0.15) is 12.4 Å². The molecule has 1 atom stereocenters. The molecule has 11 nitrogen and oxygen atoms in total. The van der Waals surface area contributed by atoms with Crippen LogP contribution in [0.2, 0.25) is 0 Å². The van der Waals surface area contributed by atoms with Crippen LogP contribution in [0.25, 0.3) is 10.9 Å². The highest BCUT2D eigenvalue weighted by molar-refractivity contribution is 7.89. The Bertz CT molecular complexity index is 1510. The number of ether oxygens (including phenoxy) is 1. The van der Waals surface area contributed by atoms with Crippen LogP contribution in [-0.4, -0.2) is 54.5 Å². The van der Waals surface area contributed by atoms with Crippen molar-refractivity contribution >= 4 is 38.8 Å². The fraction of sp³-hybridized carbons (Fsp3) is 0.217. The van der Waals surface area contributed by atoms with Crippen molar-refractivity contribution in [1.82, 2.24) is 20.1 Å². The number of halogens is 3. The van der Waals surface area contributed by atoms with Crippen LogP contribution in [0.3, 0.4) is 0 Å². The molecular weight excluding hydrogens is 533 g/mol. The number of hydrogen-bond acceptors (Lipinski definition) is 8. The second kappa shape index (κ2) is 10.3. The molecule has 0 radical (unpaired) electrons. The van der Waals surface area contributed by atoms with Gasteiger partial charge in [-0.2, -0.15) is 13.2 Å². The predicted molar refractivity (Wildman–Crippen MR) is 124 cm³/mol. The van der Waals surface area contributed by atoms with Gasteiger partial charge in [0.25, 0.3) is 15.9 Å². The number of alkyl halides is 3. The lowest BCUT2D eigenvalue weighted by atomic mass is 10.1. The first-order chi connectivity index (χ1) is 17.9. The standard InChI is InChI=1S/C23H19F3N4O7S/c1-13-10-14(17-4-2-3-5-18(17)28-13)12-36-15-6-8-16(9-7-15)38(34,35)30(37-21(32)23(24,25)26)19-11-27-22(33)29-20(19)31/h2-10,19H,11-12H2,1H3,(H2,27,29,31,33). The van der Waals surface area contributed by atoms with Crippen LogP contribution in [0.5, 0.6) is 5.75 Å². The molecule has 1 unspecified atom stereocenters. The number of hydrogen-bond donors (Lipinski definition) is 2. The second-order valence-electron chi connectivity index (χ2n) is 8.05. The van der Waals surface area contributed by atoms with E-state index < -0.39 is 51.6 Å². The Balaban J connectivity index is 1.57. The van der Waals surface area contributed by atoms with E-state index in [1.165, 1.54) is 12.1 Å². The average molecular weight is 552 g/mol. The van der Waals surface area contributed by atoms with Crippen molar-refractivity contribution in [2.24, 2.45) is 0 Å². The number of fused-ring (bicyclic) bond motifs is 1. The Morgan fingerprint density at radius 3 is 2.47 bits per heavy atom. The molecule has 1 aliphatic rings. The number of nitrogens with zero attached hydrogens (tertiary/aromatic N) is 2. The van der Waals surface area contributed by atoms with Gasteiger partial charge in [0.2, 0.25) is 0 Å². The average Bonchev–Trinajstić information content (AvgIpc) is 2.85. The summed E-state index contributed by atoms with van der Waals surface area (Å²) in [6.45, 7) is 1.19. The van der Waals surface area contributed by atoms with Crippen LogP contribution in [0.4, 0.5) is 18.0 Å². The minimum Gasteiger partial charge on any atom is -0.489 e. The first-order valence-corrected chi connectivity index (χ1v) is 12.3. The molecule has 2 heterocycles. The number of carbonyl (C=O) groups excluding carboxylic acids is 3. The normalized spacial score (nSPS) is 16.2. The summed E-state index contributed by atoms with van der Waals surface area (Å²) in [7, 11) is -5.01. The summed E-state index contributed by atoms with van der Waals surface area (Å²) in [6.07, 6.45) is -5.56. The molecule has 1 aromatic heterocycles. The van der Waals surface area contributed by atoms with E-state index in [0.29, 0.717) is 0 Å². The second-order valence-corrected chi connectivity index (χ2v) is 9.83. The molecule has 2 aromatic carbocycles. The summed E-state index contributed by atoms with van der Waals surface area (Å²) < 4.78 is 70.2. The predicted octanol–water partition coefficient (Wildman–Crippen LogP) is 2.34. The summed E-state index contributed by atoms with van der Waals surface area (Å²) in [5.74, 6) is -3.93. The van der Waals surface area contributed by atoms with Crippen LogP contribution in [0, 0.1) is 6.92 Å². The highest BCUT2D eigenvalue weighted by atomic mass is 32.2. The van der Waals surface area contributed by atoms with Gasteiger partial charge in [-0.1, -0.05) is 18.2 Å². The first kappa shape index (κ1) is 26.8. The molecule has 3 aromatic rings. The third kappa shape index (κ3) is 5.68. The zero-order chi connectivity index (χ0) is 27.7. The molecule has 200 valence electrons. The van der Waals surface area contributed by atoms with Crippen LogP contribution >= 0.6 is 0 Å². The number of pyridine rings is 1. The van der Waals surface area contributed by atoms with E-state index in [1.54, 1.807) is 5.32 Å². The first-order valence-electron chi connectivity index (χ1n) is 10.9. The smallest absolute Gasteiger partial charge is 0.489 e. The Morgan fingerprint density at radius 2 is 1.82 bits per heavy atom. The Hall–Kier alpha value is -4.24. The number of aryl methyl sites for hydroxylation is 1. The molecule has 3 amide bonds. The van der Waals surface area contributed by atoms with Gasteiger partial charge >= 0.3 is 18.2 Å². The number of imide groups is 1. The molecule has 1 fully saturated rings. The van der Waals surface area contributed by atoms with E-state index in [1.807, 2.05) is 37.3 Å². The molecular formula is C23H19F3N4O7S. The zero-order valence-electron chi connectivity index (χ0n) is 19.5. The summed E-state index contributed by atoms with van der Waals surface area (Å²) in [4.78, 5) is 42.9. The molecule has 0 saturated carbocycles. The zero-order valence-corrected chi connectivity index (χ0v) is 20.3. The molecule has 0 spiro atoms. The number of aromatic nitrogens is 1. The molecule has 1 saturated heterocycles. The minimum atomic E-state index is -5.56. The van der Waals surface area contributed by atoms with Crippen molar-refractivity contribution in [1.29, 1.82) is 0 Å². The molecule has 0 bridgehead atoms. The molecule has 2 N–H and O–H groups in total. The van der Waals surface area contributed by atoms with Crippen molar-refractivity contribution < 1.29 is 45.5 Å². The fourth-order valence-electron chi connectivity index (χ4n) is 3.59. The lowest BCUT2D eigenvalue weighted by Gasteiger charge is -2.30. The van der Waals surface area contributed by atoms with Crippen molar-refractivity contribution in [3.63, 3.8) is 0 Å². The van der Waals surface area contributed by atoms with Gasteiger partial charge in [0.15, 0.2) is 6.04 Å². The van der Waals surface area contributed by atoms with Crippen molar-refractivity contribution in [2.45, 2.75) is 30.6 Å². The van der Waals surface area contributed by atoms with E-state index in [4.69, 9.17) is 4.74 Å². The number of urea groups is 1. The quantitative estimate of drug-likeness (QED) is 0.425. The molecule has 4 rings (SSSR count). The van der Waals surface area contributed by atoms with E-state index >= 15 is 0 Å². The van der Waals surface area contributed by atoms with Gasteiger partial charge < -0.3 is 14.9 Å². The largest absolute Gasteiger partial charge is 0.492 e. The number of para-hydroxylation sites is 1. The Kier molecular flexibility index (Phi) is 7.24. The highest BCUT2D eigenvalue weighted by Crippen LogP contribution is 2.26. The minimum absolute atomic E-state index is 0.104. The van der Waals surface area contributed by atoms with Gasteiger partial charge in [-0.15, -0.1) is 0 Å². The van der Waals surface area contributed by atoms with Crippen LogP contribution in [-0.2, 0) is 31.1 Å². The Labute approximate surface area is 213 Å². The lowest BCUT2D eigenvalue weighted by molar-refractivity contribution is -0.226. The maximum Gasteiger partial charge on any atom is 0.492 e. The number of amides is 3. The maximum atomic E-state index is 13.1. The number of carbonyl (C=O) groups is 3. The number of hydroxylamine groups is 1. The molecule has 15 heteroatoms. The SMILES string of the molecule is Cc1cc(COc2ccc(S(=O)(=O)N(OC(=O)C(F)(F)F)C3CNC(=O)NC3=O)cc2)c2ccccc2n1. The van der Waals surface area contributed by atoms with E-state index in [-0.39, 0.29) is 16.8 Å². The van der Waals surface area contributed by atoms with Crippen LogP contribution in [0.1, 0.15) is 11.3 Å². The third-order valence-corrected chi connectivity index (χ3v) is 7.01. The van der Waals surface area contributed by atoms with Gasteiger partial charge in [0.05, 0.1) is 10.4 Å². The number of benzene rings is 2. The lowest BCUT2D eigenvalue weighted by Crippen LogP contribution is -2.62. The van der Waals surface area contributed by atoms with Crippen molar-refractivity contribution in [2.75, 3.05) is 6.54 Å². The van der Waals surface area contributed by atoms with Gasteiger partial charge in [-0.05, 0) is 47.8 Å². The molecule has 38 heavy (non-hydrogen) atoms. The topological polar surface area (TPSA) is 144 Å². The van der Waals surface area contributed by atoms with E-state index in [2.05, 4.69) is 15.1 Å². The fourth-order valence-corrected chi connectivity index (χ4v) is 4.95. The monoisotopic (exact) mass is 552 g/mol. The molecule has 1 aliphatic heterocycles. The number of rotatable bonds is 7. The molecule has 0 aliphatic carbocycles. The summed E-state index contributed by atoms with van der Waals surface area (Å²) in [6, 6.07) is 10.8. The van der Waals surface area contributed by atoms with Gasteiger partial charge in [-0.3, -0.25) is 15.1 Å². The van der Waals surface area contributed by atoms with Crippen LogP contribution < -0.4 is 15.4 Å². The van der Waals surface area contributed by atoms with Crippen molar-refractivity contribution in [3.05, 3.63) is 65.9 Å². The van der Waals surface area contributed by atoms with E-state index in [9.17, 15) is 36.0 Å². The number of nitrogens with one attached hydrogen (secondary N) is 2. The summed E-state index contributed by atoms with van der Waals surface area (Å²) in [5.41, 5.74) is 2.35. The van der Waals surface area contributed by atoms with Gasteiger partial charge in [-0.25, -0.2) is 18.0 Å². The maximum absolute atomic E-state index is 13.1. The third-order valence-electron chi connectivity index (χ3n) is 5.34. The highest BCUT2D eigenvalue weighted by Gasteiger charge is 2.48. The van der Waals surface area contributed by atoms with Crippen LogP contribution in [0.15, 0.2) is 59.5 Å². The Morgan fingerprint density at radius 1 is 1.13 bits per heavy atom. The summed E-state index contributed by atoms with van der Waals surface area (Å²) in [5, 5.41) is 4.63.